The summed E-state index contributed by atoms with van der Waals surface area (Å²) in [7, 11) is 2.04. The predicted molar refractivity (Wildman–Crippen MR) is 102 cm³/mol. The van der Waals surface area contributed by atoms with E-state index in [1.54, 1.807) is 18.7 Å². The average molecular weight is 345 g/mol. The van der Waals surface area contributed by atoms with Crippen LogP contribution in [-0.2, 0) is 15.0 Å². The number of rotatable bonds is 3. The Kier molecular flexibility index (Phi) is 5.57. The van der Waals surface area contributed by atoms with Crippen molar-refractivity contribution >= 4 is 17.5 Å². The number of nitrogens with one attached hydrogen (secondary N) is 1. The van der Waals surface area contributed by atoms with Crippen molar-refractivity contribution in [3.05, 3.63) is 29.8 Å². The van der Waals surface area contributed by atoms with Gasteiger partial charge >= 0.3 is 0 Å². The van der Waals surface area contributed by atoms with E-state index in [4.69, 9.17) is 0 Å². The standard InChI is InChI=1S/C20H31N3O2/c1-19(2,3)15-9-7-8-10-16(15)21-17(24)20(4,5)18(25)23-13-11-22(6)12-14-23/h7-10H,11-14H2,1-6H3,(H,21,24). The lowest BCUT2D eigenvalue weighted by molar-refractivity contribution is -0.147. The van der Waals surface area contributed by atoms with E-state index >= 15 is 0 Å². The van der Waals surface area contributed by atoms with Crippen molar-refractivity contribution in [2.45, 2.75) is 40.0 Å². The first kappa shape index (κ1) is 19.4. The molecule has 1 aliphatic rings. The molecular formula is C20H31N3O2. The Balaban J connectivity index is 2.16. The number of nitrogens with zero attached hydrogens (tertiary/aromatic N) is 2. The smallest absolute Gasteiger partial charge is 0.239 e. The van der Waals surface area contributed by atoms with Gasteiger partial charge in [0.05, 0.1) is 0 Å². The van der Waals surface area contributed by atoms with E-state index in [1.807, 2.05) is 31.3 Å². The van der Waals surface area contributed by atoms with Crippen molar-refractivity contribution in [2.24, 2.45) is 5.41 Å². The number of para-hydroxylation sites is 1. The lowest BCUT2D eigenvalue weighted by Gasteiger charge is -2.37. The molecule has 25 heavy (non-hydrogen) atoms. The van der Waals surface area contributed by atoms with Crippen molar-refractivity contribution < 1.29 is 9.59 Å². The Morgan fingerprint density at radius 2 is 1.52 bits per heavy atom. The molecule has 0 bridgehead atoms. The van der Waals surface area contributed by atoms with E-state index in [0.29, 0.717) is 13.1 Å². The van der Waals surface area contributed by atoms with Gasteiger partial charge in [-0.2, -0.15) is 0 Å². The minimum Gasteiger partial charge on any atom is -0.339 e. The number of likely N-dealkylation sites (N-methyl/N-ethyl adjacent to an activating group) is 1. The highest BCUT2D eigenvalue weighted by Gasteiger charge is 2.40. The van der Waals surface area contributed by atoms with Gasteiger partial charge < -0.3 is 15.1 Å². The Bertz CT molecular complexity index is 639. The first-order valence-corrected chi connectivity index (χ1v) is 8.92. The number of piperazine rings is 1. The molecule has 1 aromatic rings. The van der Waals surface area contributed by atoms with E-state index < -0.39 is 5.41 Å². The number of carbonyl (C=O) groups excluding carboxylic acids is 2. The summed E-state index contributed by atoms with van der Waals surface area (Å²) in [5.41, 5.74) is 0.654. The first-order chi connectivity index (χ1) is 11.5. The van der Waals surface area contributed by atoms with Gasteiger partial charge in [0.15, 0.2) is 0 Å². The number of amides is 2. The van der Waals surface area contributed by atoms with Crippen LogP contribution in [0.1, 0.15) is 40.2 Å². The third-order valence-corrected chi connectivity index (χ3v) is 4.88. The Labute approximate surface area is 151 Å². The van der Waals surface area contributed by atoms with Crippen molar-refractivity contribution in [2.75, 3.05) is 38.5 Å². The quantitative estimate of drug-likeness (QED) is 0.857. The normalized spacial score (nSPS) is 16.6. The Morgan fingerprint density at radius 1 is 0.960 bits per heavy atom. The molecule has 1 N–H and O–H groups in total. The van der Waals surface area contributed by atoms with Crippen LogP contribution in [0.5, 0.6) is 0 Å². The van der Waals surface area contributed by atoms with Crippen LogP contribution >= 0.6 is 0 Å². The van der Waals surface area contributed by atoms with E-state index in [1.165, 1.54) is 0 Å². The number of benzene rings is 1. The summed E-state index contributed by atoms with van der Waals surface area (Å²) in [5.74, 6) is -0.362. The van der Waals surface area contributed by atoms with E-state index in [-0.39, 0.29) is 17.2 Å². The van der Waals surface area contributed by atoms with E-state index in [2.05, 4.69) is 31.0 Å². The monoisotopic (exact) mass is 345 g/mol. The summed E-state index contributed by atoms with van der Waals surface area (Å²) in [4.78, 5) is 29.8. The fraction of sp³-hybridized carbons (Fsp3) is 0.600. The van der Waals surface area contributed by atoms with E-state index in [9.17, 15) is 9.59 Å². The summed E-state index contributed by atoms with van der Waals surface area (Å²) in [5, 5.41) is 2.99. The molecule has 2 rings (SSSR count). The van der Waals surface area contributed by atoms with Gasteiger partial charge in [0.25, 0.3) is 0 Å². The lowest BCUT2D eigenvalue weighted by atomic mass is 9.85. The van der Waals surface area contributed by atoms with Crippen LogP contribution in [-0.4, -0.2) is 54.8 Å². The van der Waals surface area contributed by atoms with Crippen LogP contribution in [0.15, 0.2) is 24.3 Å². The van der Waals surface area contributed by atoms with Gasteiger partial charge in [0, 0.05) is 31.9 Å². The summed E-state index contributed by atoms with van der Waals surface area (Å²) < 4.78 is 0. The SMILES string of the molecule is CN1CCN(C(=O)C(C)(C)C(=O)Nc2ccccc2C(C)(C)C)CC1. The maximum Gasteiger partial charge on any atom is 0.239 e. The summed E-state index contributed by atoms with van der Waals surface area (Å²) in [6.45, 7) is 12.8. The van der Waals surface area contributed by atoms with E-state index in [0.717, 1.165) is 24.3 Å². The van der Waals surface area contributed by atoms with Gasteiger partial charge in [-0.25, -0.2) is 0 Å². The molecule has 1 saturated heterocycles. The Hall–Kier alpha value is -1.88. The minimum atomic E-state index is -1.10. The summed E-state index contributed by atoms with van der Waals surface area (Å²) in [6, 6.07) is 7.79. The third-order valence-electron chi connectivity index (χ3n) is 4.88. The zero-order valence-corrected chi connectivity index (χ0v) is 16.3. The first-order valence-electron chi connectivity index (χ1n) is 8.92. The van der Waals surface area contributed by atoms with Crippen molar-refractivity contribution in [3.8, 4) is 0 Å². The number of carbonyl (C=O) groups is 2. The zero-order valence-electron chi connectivity index (χ0n) is 16.3. The topological polar surface area (TPSA) is 52.7 Å². The highest BCUT2D eigenvalue weighted by Crippen LogP contribution is 2.31. The lowest BCUT2D eigenvalue weighted by Crippen LogP contribution is -2.53. The molecule has 0 atom stereocenters. The molecule has 2 amide bonds. The molecule has 0 saturated carbocycles. The highest BCUT2D eigenvalue weighted by atomic mass is 16.2. The molecule has 0 aromatic heterocycles. The zero-order chi connectivity index (χ0) is 18.8. The molecule has 5 heteroatoms. The second kappa shape index (κ2) is 7.16. The van der Waals surface area contributed by atoms with Gasteiger partial charge in [-0.1, -0.05) is 39.0 Å². The van der Waals surface area contributed by atoms with Gasteiger partial charge in [-0.05, 0) is 37.9 Å². The van der Waals surface area contributed by atoms with Crippen molar-refractivity contribution in [3.63, 3.8) is 0 Å². The minimum absolute atomic E-state index is 0.0878. The molecule has 1 aromatic carbocycles. The third kappa shape index (κ3) is 4.40. The maximum absolute atomic E-state index is 12.9. The Morgan fingerprint density at radius 3 is 2.08 bits per heavy atom. The highest BCUT2D eigenvalue weighted by molar-refractivity contribution is 6.10. The summed E-state index contributed by atoms with van der Waals surface area (Å²) in [6.07, 6.45) is 0. The molecule has 0 radical (unpaired) electrons. The van der Waals surface area contributed by atoms with Gasteiger partial charge in [0.2, 0.25) is 11.8 Å². The largest absolute Gasteiger partial charge is 0.339 e. The predicted octanol–water partition coefficient (Wildman–Crippen LogP) is 2.72. The molecule has 1 heterocycles. The average Bonchev–Trinajstić information content (AvgIpc) is 2.54. The molecule has 138 valence electrons. The fourth-order valence-electron chi connectivity index (χ4n) is 3.03. The maximum atomic E-state index is 12.9. The van der Waals surface area contributed by atoms with Crippen LogP contribution in [0.2, 0.25) is 0 Å². The molecule has 1 fully saturated rings. The molecule has 0 spiro atoms. The van der Waals surface area contributed by atoms with Crippen LogP contribution in [0.25, 0.3) is 0 Å². The van der Waals surface area contributed by atoms with Crippen molar-refractivity contribution in [1.82, 2.24) is 9.80 Å². The molecule has 1 aliphatic heterocycles. The van der Waals surface area contributed by atoms with Gasteiger partial charge in [-0.3, -0.25) is 9.59 Å². The van der Waals surface area contributed by atoms with Crippen LogP contribution in [0.3, 0.4) is 0 Å². The number of anilines is 1. The molecule has 0 aliphatic carbocycles. The number of hydrogen-bond donors (Lipinski definition) is 1. The fourth-order valence-corrected chi connectivity index (χ4v) is 3.03. The van der Waals surface area contributed by atoms with Gasteiger partial charge in [0.1, 0.15) is 5.41 Å². The van der Waals surface area contributed by atoms with Crippen molar-refractivity contribution in [1.29, 1.82) is 0 Å². The van der Waals surface area contributed by atoms with Gasteiger partial charge in [-0.15, -0.1) is 0 Å². The molecule has 0 unspecified atom stereocenters. The second-order valence-corrected chi connectivity index (χ2v) is 8.47. The van der Waals surface area contributed by atoms with Crippen LogP contribution in [0, 0.1) is 5.41 Å². The van der Waals surface area contributed by atoms with Crippen LogP contribution < -0.4 is 5.32 Å². The molecular weight excluding hydrogens is 314 g/mol. The second-order valence-electron chi connectivity index (χ2n) is 8.47. The number of hydrogen-bond acceptors (Lipinski definition) is 3. The summed E-state index contributed by atoms with van der Waals surface area (Å²) >= 11 is 0. The molecule has 5 nitrogen and oxygen atoms in total. The van der Waals surface area contributed by atoms with Crippen LogP contribution in [0.4, 0.5) is 5.69 Å².